The summed E-state index contributed by atoms with van der Waals surface area (Å²) in [5, 5.41) is 31.9. The van der Waals surface area contributed by atoms with Crippen molar-refractivity contribution in [3.05, 3.63) is 64.2 Å². The van der Waals surface area contributed by atoms with Gasteiger partial charge < -0.3 is 24.8 Å². The zero-order valence-electron chi connectivity index (χ0n) is 16.4. The Labute approximate surface area is 171 Å². The van der Waals surface area contributed by atoms with Gasteiger partial charge in [0, 0.05) is 17.2 Å². The highest BCUT2D eigenvalue weighted by Gasteiger charge is 2.36. The van der Waals surface area contributed by atoms with Crippen molar-refractivity contribution in [3.63, 3.8) is 0 Å². The normalized spacial score (nSPS) is 12.4. The number of aromatic hydroxyl groups is 3. The van der Waals surface area contributed by atoms with Gasteiger partial charge in [0.05, 0.1) is 30.9 Å². The topological polar surface area (TPSA) is 113 Å². The number of rotatable bonds is 3. The molecule has 0 unspecified atom stereocenters. The molecule has 4 rings (SSSR count). The van der Waals surface area contributed by atoms with Crippen molar-refractivity contribution in [1.82, 2.24) is 0 Å². The molecule has 0 radical (unpaired) electrons. The first-order chi connectivity index (χ1) is 14.3. The summed E-state index contributed by atoms with van der Waals surface area (Å²) in [7, 11) is 2.91. The molecule has 0 fully saturated rings. The minimum atomic E-state index is -0.703. The van der Waals surface area contributed by atoms with Gasteiger partial charge in [-0.05, 0) is 48.4 Å². The number of phenols is 3. The zero-order valence-corrected chi connectivity index (χ0v) is 16.4. The van der Waals surface area contributed by atoms with E-state index in [2.05, 4.69) is 0 Å². The summed E-state index contributed by atoms with van der Waals surface area (Å²) in [6, 6.07) is 8.73. The summed E-state index contributed by atoms with van der Waals surface area (Å²) in [6.07, 6.45) is 0. The third-order valence-corrected chi connectivity index (χ3v) is 5.13. The number of benzene rings is 3. The number of aryl methyl sites for hydroxylation is 1. The van der Waals surface area contributed by atoms with E-state index in [0.29, 0.717) is 22.6 Å². The molecule has 1 aliphatic rings. The van der Waals surface area contributed by atoms with Crippen LogP contribution in [0.4, 0.5) is 0 Å². The number of phenolic OH excluding ortho intramolecular Hbond substituents is 3. The summed E-state index contributed by atoms with van der Waals surface area (Å²) in [5.41, 5.74) is 0.315. The van der Waals surface area contributed by atoms with Crippen molar-refractivity contribution in [2.24, 2.45) is 0 Å². The number of ether oxygens (including phenoxy) is 2. The highest BCUT2D eigenvalue weighted by molar-refractivity contribution is 6.31. The van der Waals surface area contributed by atoms with Crippen molar-refractivity contribution in [1.29, 1.82) is 0 Å². The summed E-state index contributed by atoms with van der Waals surface area (Å²) in [4.78, 5) is 26.1. The van der Waals surface area contributed by atoms with Gasteiger partial charge >= 0.3 is 0 Å². The van der Waals surface area contributed by atoms with Crippen LogP contribution in [0.2, 0.25) is 0 Å². The molecular weight excluding hydrogens is 388 g/mol. The second-order valence-corrected chi connectivity index (χ2v) is 7.01. The second-order valence-electron chi connectivity index (χ2n) is 7.01. The molecule has 1 aliphatic carbocycles. The van der Waals surface area contributed by atoms with Crippen LogP contribution in [-0.2, 0) is 0 Å². The molecule has 3 aromatic carbocycles. The number of methoxy groups -OCH3 is 2. The van der Waals surface area contributed by atoms with Crippen LogP contribution < -0.4 is 9.47 Å². The van der Waals surface area contributed by atoms with E-state index in [4.69, 9.17) is 9.47 Å². The van der Waals surface area contributed by atoms with Gasteiger partial charge in [0.15, 0.2) is 5.78 Å². The fourth-order valence-electron chi connectivity index (χ4n) is 3.76. The quantitative estimate of drug-likeness (QED) is 0.477. The highest BCUT2D eigenvalue weighted by atomic mass is 16.5. The lowest BCUT2D eigenvalue weighted by Crippen LogP contribution is -2.21. The molecule has 0 heterocycles. The largest absolute Gasteiger partial charge is 0.507 e. The van der Waals surface area contributed by atoms with Crippen LogP contribution in [0.3, 0.4) is 0 Å². The summed E-state index contributed by atoms with van der Waals surface area (Å²) < 4.78 is 10.5. The zero-order chi connectivity index (χ0) is 21.7. The molecule has 3 aromatic rings. The maximum Gasteiger partial charge on any atom is 0.201 e. The molecule has 0 saturated heterocycles. The number of fused-ring (bicyclic) bond motifs is 2. The van der Waals surface area contributed by atoms with E-state index in [1.165, 1.54) is 26.4 Å². The van der Waals surface area contributed by atoms with Crippen LogP contribution in [0.1, 0.15) is 37.4 Å². The molecule has 0 bridgehead atoms. The second kappa shape index (κ2) is 6.81. The van der Waals surface area contributed by atoms with E-state index in [1.54, 1.807) is 25.1 Å². The smallest absolute Gasteiger partial charge is 0.201 e. The van der Waals surface area contributed by atoms with Gasteiger partial charge in [0.25, 0.3) is 0 Å². The van der Waals surface area contributed by atoms with Crippen molar-refractivity contribution in [3.8, 4) is 39.9 Å². The van der Waals surface area contributed by atoms with Gasteiger partial charge in [-0.3, -0.25) is 9.59 Å². The van der Waals surface area contributed by atoms with Crippen molar-refractivity contribution in [2.45, 2.75) is 6.92 Å². The van der Waals surface area contributed by atoms with E-state index >= 15 is 0 Å². The Morgan fingerprint density at radius 1 is 0.667 bits per heavy atom. The molecule has 0 aliphatic heterocycles. The maximum atomic E-state index is 13.1. The Balaban J connectivity index is 2.00. The van der Waals surface area contributed by atoms with E-state index in [0.717, 1.165) is 6.07 Å². The van der Waals surface area contributed by atoms with Crippen LogP contribution in [0, 0.1) is 6.92 Å². The molecule has 0 atom stereocenters. The highest BCUT2D eigenvalue weighted by Crippen LogP contribution is 2.47. The van der Waals surface area contributed by atoms with Gasteiger partial charge in [-0.1, -0.05) is 0 Å². The van der Waals surface area contributed by atoms with Gasteiger partial charge in [-0.2, -0.15) is 0 Å². The Morgan fingerprint density at radius 3 is 1.83 bits per heavy atom. The Kier molecular flexibility index (Phi) is 4.38. The first-order valence-electron chi connectivity index (χ1n) is 9.02. The number of carbonyl (C=O) groups excluding carboxylic acids is 2. The first kappa shape index (κ1) is 19.3. The molecule has 7 nitrogen and oxygen atoms in total. The third-order valence-electron chi connectivity index (χ3n) is 5.13. The van der Waals surface area contributed by atoms with Crippen molar-refractivity contribution < 1.29 is 34.4 Å². The van der Waals surface area contributed by atoms with E-state index < -0.39 is 17.3 Å². The van der Waals surface area contributed by atoms with Crippen molar-refractivity contribution in [2.75, 3.05) is 14.2 Å². The molecule has 3 N–H and O–H groups in total. The predicted molar refractivity (Wildman–Crippen MR) is 108 cm³/mol. The molecule has 30 heavy (non-hydrogen) atoms. The molecular formula is C23H18O7. The van der Waals surface area contributed by atoms with E-state index in [1.807, 2.05) is 0 Å². The molecule has 0 amide bonds. The third kappa shape index (κ3) is 2.75. The predicted octanol–water partition coefficient (Wildman–Crippen LogP) is 3.57. The van der Waals surface area contributed by atoms with Crippen LogP contribution in [-0.4, -0.2) is 41.1 Å². The molecule has 152 valence electrons. The molecule has 0 aromatic heterocycles. The number of ketones is 2. The molecule has 0 spiro atoms. The average Bonchev–Trinajstić information content (AvgIpc) is 2.70. The Hall–Kier alpha value is -4.00. The van der Waals surface area contributed by atoms with Crippen LogP contribution >= 0.6 is 0 Å². The molecule has 0 saturated carbocycles. The van der Waals surface area contributed by atoms with Crippen LogP contribution in [0.25, 0.3) is 11.1 Å². The van der Waals surface area contributed by atoms with Gasteiger partial charge in [-0.15, -0.1) is 0 Å². The lowest BCUT2D eigenvalue weighted by atomic mass is 9.80. The minimum absolute atomic E-state index is 0.0274. The first-order valence-corrected chi connectivity index (χ1v) is 9.02. The maximum absolute atomic E-state index is 13.1. The van der Waals surface area contributed by atoms with Crippen LogP contribution in [0.5, 0.6) is 28.7 Å². The number of hydrogen-bond acceptors (Lipinski definition) is 7. The number of carbonyl (C=O) groups is 2. The lowest BCUT2D eigenvalue weighted by molar-refractivity contribution is 0.0974. The van der Waals surface area contributed by atoms with Crippen molar-refractivity contribution >= 4 is 11.6 Å². The molecule has 7 heteroatoms. The monoisotopic (exact) mass is 406 g/mol. The number of hydrogen-bond donors (Lipinski definition) is 3. The Morgan fingerprint density at radius 2 is 1.23 bits per heavy atom. The Bertz CT molecular complexity index is 1220. The minimum Gasteiger partial charge on any atom is -0.507 e. The fourth-order valence-corrected chi connectivity index (χ4v) is 3.76. The summed E-state index contributed by atoms with van der Waals surface area (Å²) in [5.74, 6) is -1.76. The van der Waals surface area contributed by atoms with Crippen LogP contribution in [0.15, 0.2) is 36.4 Å². The van der Waals surface area contributed by atoms with E-state index in [-0.39, 0.29) is 39.3 Å². The van der Waals surface area contributed by atoms with E-state index in [9.17, 15) is 24.9 Å². The van der Waals surface area contributed by atoms with Gasteiger partial charge in [-0.25, -0.2) is 0 Å². The van der Waals surface area contributed by atoms with Gasteiger partial charge in [0.1, 0.15) is 28.7 Å². The standard InChI is InChI=1S/C23H18O7/c1-10-4-14-19(16(24)5-10)23(28)20-15(21(14)26)9-17(25)18(22(20)27)11-6-12(29-2)8-13(7-11)30-3/h4-9,24-25,27H,1-3H3. The van der Waals surface area contributed by atoms with Gasteiger partial charge in [0.2, 0.25) is 5.78 Å². The summed E-state index contributed by atoms with van der Waals surface area (Å²) in [6.45, 7) is 1.68. The summed E-state index contributed by atoms with van der Waals surface area (Å²) >= 11 is 0. The average molecular weight is 406 g/mol. The lowest BCUT2D eigenvalue weighted by Gasteiger charge is -2.22. The SMILES string of the molecule is COc1cc(OC)cc(-c2c(O)cc3c(c2O)C(=O)c2c(O)cc(C)cc2C3=O)c1. The fraction of sp³-hybridized carbons (Fsp3) is 0.130.